The molecule has 0 aliphatic carbocycles. The summed E-state index contributed by atoms with van der Waals surface area (Å²) in [7, 11) is 0. The molecule has 1 unspecified atom stereocenters. The molecule has 1 saturated heterocycles. The Balaban J connectivity index is 2.23. The zero-order valence-corrected chi connectivity index (χ0v) is 7.04. The van der Waals surface area contributed by atoms with Gasteiger partial charge >= 0.3 is 5.97 Å². The molecule has 4 nitrogen and oxygen atoms in total. The van der Waals surface area contributed by atoms with Crippen molar-refractivity contribution in [3.8, 4) is 0 Å². The highest BCUT2D eigenvalue weighted by molar-refractivity contribution is 5.79. The third-order valence-corrected chi connectivity index (χ3v) is 1.66. The van der Waals surface area contributed by atoms with E-state index in [0.29, 0.717) is 19.4 Å². The van der Waals surface area contributed by atoms with Gasteiger partial charge in [0.05, 0.1) is 12.7 Å². The molecule has 1 aliphatic heterocycles. The molecule has 0 saturated carbocycles. The van der Waals surface area contributed by atoms with Gasteiger partial charge in [0.2, 0.25) is 0 Å². The quantitative estimate of drug-likeness (QED) is 0.562. The van der Waals surface area contributed by atoms with E-state index in [1.807, 2.05) is 0 Å². The van der Waals surface area contributed by atoms with Crippen molar-refractivity contribution in [2.75, 3.05) is 13.2 Å². The van der Waals surface area contributed by atoms with Crippen LogP contribution in [0.4, 0.5) is 0 Å². The van der Waals surface area contributed by atoms with Crippen LogP contribution < -0.4 is 0 Å². The van der Waals surface area contributed by atoms with Crippen LogP contribution in [0.15, 0.2) is 0 Å². The summed E-state index contributed by atoms with van der Waals surface area (Å²) < 4.78 is 9.91. The van der Waals surface area contributed by atoms with Gasteiger partial charge in [0, 0.05) is 19.8 Å². The average molecular weight is 172 g/mol. The van der Waals surface area contributed by atoms with Crippen molar-refractivity contribution in [2.24, 2.45) is 0 Å². The molecule has 12 heavy (non-hydrogen) atoms. The number of ketones is 1. The van der Waals surface area contributed by atoms with Crippen molar-refractivity contribution in [3.63, 3.8) is 0 Å². The summed E-state index contributed by atoms with van der Waals surface area (Å²) in [6, 6.07) is 0. The summed E-state index contributed by atoms with van der Waals surface area (Å²) in [6.07, 6.45) is 0.624. The molecule has 1 fully saturated rings. The van der Waals surface area contributed by atoms with Gasteiger partial charge in [0.15, 0.2) is 0 Å². The third kappa shape index (κ3) is 3.00. The van der Waals surface area contributed by atoms with Crippen LogP contribution in [0.2, 0.25) is 0 Å². The van der Waals surface area contributed by atoms with Gasteiger partial charge in [-0.3, -0.25) is 9.59 Å². The molecule has 0 aromatic heterocycles. The fourth-order valence-electron chi connectivity index (χ4n) is 1.07. The van der Waals surface area contributed by atoms with Crippen LogP contribution in [0.25, 0.3) is 0 Å². The first-order valence-electron chi connectivity index (χ1n) is 3.95. The molecule has 0 aromatic carbocycles. The Morgan fingerprint density at radius 2 is 2.50 bits per heavy atom. The molecule has 4 heteroatoms. The highest BCUT2D eigenvalue weighted by Gasteiger charge is 2.20. The Morgan fingerprint density at radius 3 is 3.08 bits per heavy atom. The summed E-state index contributed by atoms with van der Waals surface area (Å²) in [4.78, 5) is 21.3. The van der Waals surface area contributed by atoms with E-state index in [2.05, 4.69) is 0 Å². The van der Waals surface area contributed by atoms with E-state index in [-0.39, 0.29) is 24.5 Å². The van der Waals surface area contributed by atoms with Crippen LogP contribution >= 0.6 is 0 Å². The number of hydrogen-bond donors (Lipinski definition) is 0. The second-order valence-corrected chi connectivity index (χ2v) is 2.79. The molecule has 0 spiro atoms. The fraction of sp³-hybridized carbons (Fsp3) is 0.750. The molecule has 1 atom stereocenters. The second-order valence-electron chi connectivity index (χ2n) is 2.79. The van der Waals surface area contributed by atoms with E-state index in [0.717, 1.165) is 0 Å². The number of esters is 1. The van der Waals surface area contributed by atoms with Gasteiger partial charge in [0.25, 0.3) is 0 Å². The van der Waals surface area contributed by atoms with Crippen LogP contribution in [0.3, 0.4) is 0 Å². The Bertz CT molecular complexity index is 187. The number of carbonyl (C=O) groups is 2. The number of carbonyl (C=O) groups excluding carboxylic acids is 2. The second kappa shape index (κ2) is 4.21. The maximum absolute atomic E-state index is 10.9. The first-order valence-corrected chi connectivity index (χ1v) is 3.95. The van der Waals surface area contributed by atoms with Crippen LogP contribution in [0.5, 0.6) is 0 Å². The SMILES string of the molecule is CC(=O)OCC1CC(=O)CCO1. The standard InChI is InChI=1S/C8H12O4/c1-6(9)12-5-8-4-7(10)2-3-11-8/h8H,2-5H2,1H3. The lowest BCUT2D eigenvalue weighted by Crippen LogP contribution is -2.30. The van der Waals surface area contributed by atoms with Crippen molar-refractivity contribution < 1.29 is 19.1 Å². The first kappa shape index (κ1) is 9.19. The number of hydrogen-bond acceptors (Lipinski definition) is 4. The Labute approximate surface area is 70.8 Å². The van der Waals surface area contributed by atoms with Crippen molar-refractivity contribution in [2.45, 2.75) is 25.9 Å². The van der Waals surface area contributed by atoms with Gasteiger partial charge in [-0.15, -0.1) is 0 Å². The molecular weight excluding hydrogens is 160 g/mol. The first-order chi connectivity index (χ1) is 5.68. The molecule has 68 valence electrons. The predicted octanol–water partition coefficient (Wildman–Crippen LogP) is 0.298. The molecule has 1 aliphatic rings. The molecule has 0 radical (unpaired) electrons. The number of rotatable bonds is 2. The summed E-state index contributed by atoms with van der Waals surface area (Å²) in [5.74, 6) is -0.157. The van der Waals surface area contributed by atoms with Crippen LogP contribution in [0.1, 0.15) is 19.8 Å². The van der Waals surface area contributed by atoms with Gasteiger partial charge in [0.1, 0.15) is 12.4 Å². The van der Waals surface area contributed by atoms with Crippen molar-refractivity contribution in [3.05, 3.63) is 0 Å². The Hall–Kier alpha value is -0.900. The molecule has 0 aromatic rings. The zero-order chi connectivity index (χ0) is 8.97. The third-order valence-electron chi connectivity index (χ3n) is 1.66. The highest BCUT2D eigenvalue weighted by Crippen LogP contribution is 2.09. The minimum absolute atomic E-state index is 0.179. The molecule has 0 bridgehead atoms. The number of ether oxygens (including phenoxy) is 2. The normalized spacial score (nSPS) is 23.8. The Morgan fingerprint density at radius 1 is 1.75 bits per heavy atom. The maximum Gasteiger partial charge on any atom is 0.302 e. The average Bonchev–Trinajstić information content (AvgIpc) is 2.01. The summed E-state index contributed by atoms with van der Waals surface area (Å²) in [5.41, 5.74) is 0. The van der Waals surface area contributed by atoms with Gasteiger partial charge < -0.3 is 9.47 Å². The smallest absolute Gasteiger partial charge is 0.302 e. The largest absolute Gasteiger partial charge is 0.463 e. The minimum atomic E-state index is -0.336. The van der Waals surface area contributed by atoms with Crippen LogP contribution in [0, 0.1) is 0 Å². The summed E-state index contributed by atoms with van der Waals surface area (Å²) in [5, 5.41) is 0. The lowest BCUT2D eigenvalue weighted by molar-refractivity contribution is -0.149. The van der Waals surface area contributed by atoms with Gasteiger partial charge in [-0.25, -0.2) is 0 Å². The van der Waals surface area contributed by atoms with Crippen molar-refractivity contribution in [1.29, 1.82) is 0 Å². The van der Waals surface area contributed by atoms with Gasteiger partial charge in [-0.2, -0.15) is 0 Å². The predicted molar refractivity (Wildman–Crippen MR) is 40.6 cm³/mol. The van der Waals surface area contributed by atoms with E-state index in [1.165, 1.54) is 6.92 Å². The van der Waals surface area contributed by atoms with Crippen LogP contribution in [-0.4, -0.2) is 31.1 Å². The molecule has 1 heterocycles. The van der Waals surface area contributed by atoms with Crippen molar-refractivity contribution in [1.82, 2.24) is 0 Å². The minimum Gasteiger partial charge on any atom is -0.463 e. The van der Waals surface area contributed by atoms with E-state index in [4.69, 9.17) is 9.47 Å². The van der Waals surface area contributed by atoms with E-state index >= 15 is 0 Å². The lowest BCUT2D eigenvalue weighted by atomic mass is 10.1. The van der Waals surface area contributed by atoms with Crippen LogP contribution in [-0.2, 0) is 19.1 Å². The molecule has 0 N–H and O–H groups in total. The topological polar surface area (TPSA) is 52.6 Å². The highest BCUT2D eigenvalue weighted by atomic mass is 16.6. The summed E-state index contributed by atoms with van der Waals surface area (Å²) in [6.45, 7) is 1.98. The Kier molecular flexibility index (Phi) is 3.22. The fourth-order valence-corrected chi connectivity index (χ4v) is 1.07. The van der Waals surface area contributed by atoms with Gasteiger partial charge in [-0.1, -0.05) is 0 Å². The van der Waals surface area contributed by atoms with Gasteiger partial charge in [-0.05, 0) is 0 Å². The summed E-state index contributed by atoms with van der Waals surface area (Å²) >= 11 is 0. The van der Waals surface area contributed by atoms with Crippen molar-refractivity contribution >= 4 is 11.8 Å². The maximum atomic E-state index is 10.9. The lowest BCUT2D eigenvalue weighted by Gasteiger charge is -2.20. The molecular formula is C8H12O4. The monoisotopic (exact) mass is 172 g/mol. The molecule has 0 amide bonds. The van der Waals surface area contributed by atoms with E-state index in [9.17, 15) is 9.59 Å². The zero-order valence-electron chi connectivity index (χ0n) is 7.04. The molecule has 1 rings (SSSR count). The van der Waals surface area contributed by atoms with E-state index < -0.39 is 0 Å². The number of Topliss-reactive ketones (excluding diaryl/α,β-unsaturated/α-hetero) is 1. The van der Waals surface area contributed by atoms with E-state index in [1.54, 1.807) is 0 Å².